The Balaban J connectivity index is 2.05. The monoisotopic (exact) mass is 341 g/mol. The number of aliphatic hydroxyl groups excluding tert-OH is 1. The van der Waals surface area contributed by atoms with Crippen LogP contribution in [0, 0.1) is 0 Å². The van der Waals surface area contributed by atoms with Crippen LogP contribution >= 0.6 is 0 Å². The topological polar surface area (TPSA) is 80.8 Å². The van der Waals surface area contributed by atoms with Crippen LogP contribution in [0.3, 0.4) is 0 Å². The fraction of sp³-hybridized carbons (Fsp3) is 0.211. The molecule has 6 nitrogen and oxygen atoms in total. The van der Waals surface area contributed by atoms with Gasteiger partial charge in [-0.15, -0.1) is 0 Å². The van der Waals surface area contributed by atoms with Crippen molar-refractivity contribution in [2.75, 3.05) is 21.3 Å². The van der Waals surface area contributed by atoms with Crippen LogP contribution in [0.4, 0.5) is 0 Å². The number of aromatic nitrogens is 1. The number of carbonyl (C=O) groups is 1. The highest BCUT2D eigenvalue weighted by Crippen LogP contribution is 2.38. The molecule has 0 saturated heterocycles. The number of H-pyrrole nitrogens is 1. The third-order valence-electron chi connectivity index (χ3n) is 4.04. The zero-order chi connectivity index (χ0) is 18.0. The van der Waals surface area contributed by atoms with E-state index in [0.29, 0.717) is 28.5 Å². The number of aromatic amines is 1. The van der Waals surface area contributed by atoms with Crippen molar-refractivity contribution < 1.29 is 24.1 Å². The summed E-state index contributed by atoms with van der Waals surface area (Å²) in [5, 5.41) is 10.1. The lowest BCUT2D eigenvalue weighted by molar-refractivity contribution is 0.103. The van der Waals surface area contributed by atoms with Gasteiger partial charge in [0, 0.05) is 16.5 Å². The average Bonchev–Trinajstić information content (AvgIpc) is 3.08. The van der Waals surface area contributed by atoms with E-state index >= 15 is 0 Å². The second-order valence-corrected chi connectivity index (χ2v) is 5.51. The van der Waals surface area contributed by atoms with Crippen molar-refractivity contribution in [3.63, 3.8) is 0 Å². The number of aliphatic hydroxyl groups is 1. The predicted molar refractivity (Wildman–Crippen MR) is 93.8 cm³/mol. The Labute approximate surface area is 145 Å². The van der Waals surface area contributed by atoms with E-state index in [1.165, 1.54) is 21.3 Å². The average molecular weight is 341 g/mol. The Morgan fingerprint density at radius 3 is 2.24 bits per heavy atom. The summed E-state index contributed by atoms with van der Waals surface area (Å²) in [6.07, 6.45) is 0. The first-order valence-electron chi connectivity index (χ1n) is 7.68. The Kier molecular flexibility index (Phi) is 4.63. The molecule has 0 unspecified atom stereocenters. The first-order chi connectivity index (χ1) is 12.1. The summed E-state index contributed by atoms with van der Waals surface area (Å²) in [4.78, 5) is 16.0. The summed E-state index contributed by atoms with van der Waals surface area (Å²) in [5.41, 5.74) is 2.48. The Bertz CT molecular complexity index is 904. The van der Waals surface area contributed by atoms with Gasteiger partial charge in [0.2, 0.25) is 11.5 Å². The quantitative estimate of drug-likeness (QED) is 0.674. The lowest BCUT2D eigenvalue weighted by Crippen LogP contribution is -2.04. The Morgan fingerprint density at radius 2 is 1.68 bits per heavy atom. The minimum absolute atomic E-state index is 0.0444. The van der Waals surface area contributed by atoms with Crippen LogP contribution in [0.5, 0.6) is 17.2 Å². The number of fused-ring (bicyclic) bond motifs is 1. The summed E-state index contributed by atoms with van der Waals surface area (Å²) in [6.45, 7) is -0.0444. The Hall–Kier alpha value is -2.99. The van der Waals surface area contributed by atoms with Crippen LogP contribution in [0.1, 0.15) is 21.6 Å². The van der Waals surface area contributed by atoms with Crippen molar-refractivity contribution in [1.82, 2.24) is 4.98 Å². The van der Waals surface area contributed by atoms with E-state index in [1.54, 1.807) is 18.2 Å². The highest BCUT2D eigenvalue weighted by atomic mass is 16.5. The van der Waals surface area contributed by atoms with Crippen molar-refractivity contribution in [3.8, 4) is 17.2 Å². The zero-order valence-corrected chi connectivity index (χ0v) is 14.3. The minimum Gasteiger partial charge on any atom is -0.493 e. The second kappa shape index (κ2) is 6.86. The van der Waals surface area contributed by atoms with Crippen LogP contribution in [0.15, 0.2) is 36.4 Å². The molecule has 0 aliphatic heterocycles. The maximum absolute atomic E-state index is 12.9. The molecule has 1 aromatic heterocycles. The normalized spacial score (nSPS) is 10.7. The largest absolute Gasteiger partial charge is 0.493 e. The molecule has 0 aliphatic rings. The molecule has 0 atom stereocenters. The predicted octanol–water partition coefficient (Wildman–Crippen LogP) is 2.92. The van der Waals surface area contributed by atoms with E-state index < -0.39 is 0 Å². The lowest BCUT2D eigenvalue weighted by Gasteiger charge is -2.13. The van der Waals surface area contributed by atoms with Crippen molar-refractivity contribution >= 4 is 16.7 Å². The molecule has 130 valence electrons. The summed E-state index contributed by atoms with van der Waals surface area (Å²) in [5.74, 6) is 1.08. The fourth-order valence-electron chi connectivity index (χ4n) is 2.77. The molecular weight excluding hydrogens is 322 g/mol. The molecule has 2 N–H and O–H groups in total. The molecule has 0 bridgehead atoms. The molecular formula is C19H19NO5. The van der Waals surface area contributed by atoms with Gasteiger partial charge in [-0.05, 0) is 35.9 Å². The lowest BCUT2D eigenvalue weighted by atomic mass is 10.1. The smallest absolute Gasteiger partial charge is 0.209 e. The number of benzene rings is 2. The number of hydrogen-bond donors (Lipinski definition) is 2. The number of ether oxygens (including phenoxy) is 3. The van der Waals surface area contributed by atoms with Gasteiger partial charge < -0.3 is 24.3 Å². The van der Waals surface area contributed by atoms with Crippen LogP contribution in [-0.2, 0) is 6.61 Å². The Morgan fingerprint density at radius 1 is 1.00 bits per heavy atom. The number of ketones is 1. The van der Waals surface area contributed by atoms with Gasteiger partial charge >= 0.3 is 0 Å². The SMILES string of the molecule is COc1cc(C(=O)c2cc3cc(CO)ccc3[nH]2)cc(OC)c1OC. The van der Waals surface area contributed by atoms with Crippen molar-refractivity contribution in [1.29, 1.82) is 0 Å². The van der Waals surface area contributed by atoms with E-state index in [2.05, 4.69) is 4.98 Å². The van der Waals surface area contributed by atoms with Gasteiger partial charge in [-0.3, -0.25) is 4.79 Å². The van der Waals surface area contributed by atoms with Crippen LogP contribution in [0.2, 0.25) is 0 Å². The van der Waals surface area contributed by atoms with E-state index in [9.17, 15) is 9.90 Å². The summed E-state index contributed by atoms with van der Waals surface area (Å²) in [7, 11) is 4.52. The van der Waals surface area contributed by atoms with Crippen LogP contribution < -0.4 is 14.2 Å². The van der Waals surface area contributed by atoms with Crippen molar-refractivity contribution in [2.24, 2.45) is 0 Å². The molecule has 0 saturated carbocycles. The molecule has 1 heterocycles. The summed E-state index contributed by atoms with van der Waals surface area (Å²) < 4.78 is 15.9. The molecule has 6 heteroatoms. The maximum atomic E-state index is 12.9. The highest BCUT2D eigenvalue weighted by Gasteiger charge is 2.19. The number of methoxy groups -OCH3 is 3. The number of rotatable bonds is 6. The molecule has 3 rings (SSSR count). The van der Waals surface area contributed by atoms with Gasteiger partial charge in [0.05, 0.1) is 33.6 Å². The standard InChI is InChI=1S/C19H19NO5/c1-23-16-8-13(9-17(24-2)19(16)25-3)18(22)15-7-12-6-11(10-21)4-5-14(12)20-15/h4-9,20-21H,10H2,1-3H3. The van der Waals surface area contributed by atoms with E-state index in [4.69, 9.17) is 14.2 Å². The van der Waals surface area contributed by atoms with E-state index in [-0.39, 0.29) is 12.4 Å². The third-order valence-corrected chi connectivity index (χ3v) is 4.04. The van der Waals surface area contributed by atoms with Gasteiger partial charge in [0.15, 0.2) is 11.5 Å². The second-order valence-electron chi connectivity index (χ2n) is 5.51. The number of nitrogens with one attached hydrogen (secondary N) is 1. The van der Waals surface area contributed by atoms with Crippen molar-refractivity contribution in [2.45, 2.75) is 6.61 Å². The van der Waals surface area contributed by atoms with Gasteiger partial charge in [-0.2, -0.15) is 0 Å². The van der Waals surface area contributed by atoms with Gasteiger partial charge in [-0.1, -0.05) is 6.07 Å². The molecule has 0 fully saturated rings. The zero-order valence-electron chi connectivity index (χ0n) is 14.3. The first kappa shape index (κ1) is 16.9. The molecule has 0 aliphatic carbocycles. The van der Waals surface area contributed by atoms with Crippen LogP contribution in [0.25, 0.3) is 10.9 Å². The molecule has 25 heavy (non-hydrogen) atoms. The minimum atomic E-state index is -0.194. The molecule has 3 aromatic rings. The highest BCUT2D eigenvalue weighted by molar-refractivity contribution is 6.10. The van der Waals surface area contributed by atoms with Gasteiger partial charge in [0.25, 0.3) is 0 Å². The van der Waals surface area contributed by atoms with Crippen LogP contribution in [-0.4, -0.2) is 37.2 Å². The molecule has 0 amide bonds. The number of carbonyl (C=O) groups excluding carboxylic acids is 1. The van der Waals surface area contributed by atoms with E-state index in [0.717, 1.165) is 16.5 Å². The molecule has 0 radical (unpaired) electrons. The first-order valence-corrected chi connectivity index (χ1v) is 7.68. The number of hydrogen-bond acceptors (Lipinski definition) is 5. The fourth-order valence-corrected chi connectivity index (χ4v) is 2.77. The van der Waals surface area contributed by atoms with Gasteiger partial charge in [0.1, 0.15) is 0 Å². The summed E-state index contributed by atoms with van der Waals surface area (Å²) in [6, 6.07) is 10.5. The summed E-state index contributed by atoms with van der Waals surface area (Å²) >= 11 is 0. The van der Waals surface area contributed by atoms with Crippen molar-refractivity contribution in [3.05, 3.63) is 53.2 Å². The molecule has 2 aromatic carbocycles. The van der Waals surface area contributed by atoms with Gasteiger partial charge in [-0.25, -0.2) is 0 Å². The third kappa shape index (κ3) is 3.04. The maximum Gasteiger partial charge on any atom is 0.209 e. The van der Waals surface area contributed by atoms with E-state index in [1.807, 2.05) is 18.2 Å². The molecule has 0 spiro atoms.